The second kappa shape index (κ2) is 10.4. The molecule has 0 radical (unpaired) electrons. The zero-order valence-electron chi connectivity index (χ0n) is 17.8. The van der Waals surface area contributed by atoms with Crippen molar-refractivity contribution in [3.8, 4) is 0 Å². The SMILES string of the molecule is CCc1cccc(CC)c1NC(=O)[C@H](Cc1ccccc1)NS(=O)(=O)c1ccccc1. The number of hydrogen-bond acceptors (Lipinski definition) is 3. The maximum absolute atomic E-state index is 13.3. The fraction of sp³-hybridized carbons (Fsp3) is 0.240. The van der Waals surface area contributed by atoms with Gasteiger partial charge in [-0.15, -0.1) is 0 Å². The normalized spacial score (nSPS) is 12.3. The zero-order valence-corrected chi connectivity index (χ0v) is 18.7. The third-order valence-corrected chi connectivity index (χ3v) is 6.68. The number of rotatable bonds is 9. The van der Waals surface area contributed by atoms with Crippen molar-refractivity contribution in [3.63, 3.8) is 0 Å². The average Bonchev–Trinajstić information content (AvgIpc) is 2.80. The highest BCUT2D eigenvalue weighted by atomic mass is 32.2. The van der Waals surface area contributed by atoms with Crippen molar-refractivity contribution >= 4 is 21.6 Å². The Labute approximate surface area is 184 Å². The maximum Gasteiger partial charge on any atom is 0.242 e. The Morgan fingerprint density at radius 2 is 1.35 bits per heavy atom. The highest BCUT2D eigenvalue weighted by molar-refractivity contribution is 7.89. The fourth-order valence-corrected chi connectivity index (χ4v) is 4.72. The van der Waals surface area contributed by atoms with Crippen LogP contribution in [0.5, 0.6) is 0 Å². The van der Waals surface area contributed by atoms with Gasteiger partial charge in [0.25, 0.3) is 0 Å². The Bertz CT molecular complexity index is 1090. The summed E-state index contributed by atoms with van der Waals surface area (Å²) in [5.74, 6) is -0.376. The van der Waals surface area contributed by atoms with E-state index in [2.05, 4.69) is 10.0 Å². The minimum Gasteiger partial charge on any atom is -0.324 e. The molecular formula is C25H28N2O3S. The van der Waals surface area contributed by atoms with Crippen molar-refractivity contribution in [2.45, 2.75) is 44.0 Å². The van der Waals surface area contributed by atoms with Crippen LogP contribution in [-0.4, -0.2) is 20.4 Å². The highest BCUT2D eigenvalue weighted by Crippen LogP contribution is 2.23. The third kappa shape index (κ3) is 5.81. The molecule has 0 spiro atoms. The number of hydrogen-bond donors (Lipinski definition) is 2. The second-order valence-corrected chi connectivity index (χ2v) is 9.04. The predicted molar refractivity (Wildman–Crippen MR) is 125 cm³/mol. The summed E-state index contributed by atoms with van der Waals surface area (Å²) in [5.41, 5.74) is 3.70. The van der Waals surface area contributed by atoms with Crippen LogP contribution in [0.3, 0.4) is 0 Å². The fourth-order valence-electron chi connectivity index (χ4n) is 3.51. The Kier molecular flexibility index (Phi) is 7.60. The molecule has 0 aromatic heterocycles. The lowest BCUT2D eigenvalue weighted by Crippen LogP contribution is -2.45. The van der Waals surface area contributed by atoms with Crippen LogP contribution in [0, 0.1) is 0 Å². The van der Waals surface area contributed by atoms with Crippen LogP contribution >= 0.6 is 0 Å². The van der Waals surface area contributed by atoms with Crippen molar-refractivity contribution in [2.75, 3.05) is 5.32 Å². The molecule has 3 aromatic rings. The van der Waals surface area contributed by atoms with Gasteiger partial charge in [-0.25, -0.2) is 8.42 Å². The molecule has 2 N–H and O–H groups in total. The lowest BCUT2D eigenvalue weighted by Gasteiger charge is -2.21. The van der Waals surface area contributed by atoms with Crippen LogP contribution in [0.1, 0.15) is 30.5 Å². The number of benzene rings is 3. The summed E-state index contributed by atoms with van der Waals surface area (Å²) in [6, 6.07) is 22.5. The quantitative estimate of drug-likeness (QED) is 0.524. The van der Waals surface area contributed by atoms with Crippen LogP contribution in [0.2, 0.25) is 0 Å². The Balaban J connectivity index is 1.92. The first-order valence-electron chi connectivity index (χ1n) is 10.5. The molecule has 0 aliphatic carbocycles. The molecule has 3 rings (SSSR count). The number of anilines is 1. The molecule has 5 nitrogen and oxygen atoms in total. The van der Waals surface area contributed by atoms with Gasteiger partial charge in [0.15, 0.2) is 0 Å². The smallest absolute Gasteiger partial charge is 0.242 e. The van der Waals surface area contributed by atoms with Gasteiger partial charge < -0.3 is 5.32 Å². The van der Waals surface area contributed by atoms with Gasteiger partial charge in [0, 0.05) is 5.69 Å². The zero-order chi connectivity index (χ0) is 22.3. The maximum atomic E-state index is 13.3. The highest BCUT2D eigenvalue weighted by Gasteiger charge is 2.27. The topological polar surface area (TPSA) is 75.3 Å². The molecule has 0 aliphatic rings. The summed E-state index contributed by atoms with van der Waals surface area (Å²) in [6.45, 7) is 4.06. The number of carbonyl (C=O) groups excluding carboxylic acids is 1. The predicted octanol–water partition coefficient (Wildman–Crippen LogP) is 4.34. The van der Waals surface area contributed by atoms with Gasteiger partial charge in [-0.1, -0.05) is 80.6 Å². The van der Waals surface area contributed by atoms with Gasteiger partial charge in [-0.3, -0.25) is 4.79 Å². The molecule has 0 saturated carbocycles. The van der Waals surface area contributed by atoms with E-state index in [-0.39, 0.29) is 17.2 Å². The number of amides is 1. The van der Waals surface area contributed by atoms with E-state index >= 15 is 0 Å². The molecule has 0 fully saturated rings. The van der Waals surface area contributed by atoms with Gasteiger partial charge in [-0.05, 0) is 48.1 Å². The number of sulfonamides is 1. The summed E-state index contributed by atoms with van der Waals surface area (Å²) < 4.78 is 28.5. The van der Waals surface area contributed by atoms with E-state index in [1.54, 1.807) is 18.2 Å². The molecule has 162 valence electrons. The molecular weight excluding hydrogens is 408 g/mol. The molecule has 31 heavy (non-hydrogen) atoms. The largest absolute Gasteiger partial charge is 0.324 e. The van der Waals surface area contributed by atoms with E-state index < -0.39 is 16.1 Å². The Morgan fingerprint density at radius 1 is 0.806 bits per heavy atom. The summed E-state index contributed by atoms with van der Waals surface area (Å²) in [7, 11) is -3.86. The van der Waals surface area contributed by atoms with Crippen molar-refractivity contribution < 1.29 is 13.2 Å². The van der Waals surface area contributed by atoms with Gasteiger partial charge in [0.1, 0.15) is 6.04 Å². The van der Waals surface area contributed by atoms with E-state index in [0.29, 0.717) is 0 Å². The molecule has 1 amide bonds. The standard InChI is InChI=1S/C25H28N2O3S/c1-3-20-14-11-15-21(4-2)24(20)26-25(28)23(18-19-12-7-5-8-13-19)27-31(29,30)22-16-9-6-10-17-22/h5-17,23,27H,3-4,18H2,1-2H3,(H,26,28)/t23-/m0/s1. The van der Waals surface area contributed by atoms with Crippen LogP contribution < -0.4 is 10.0 Å². The van der Waals surface area contributed by atoms with Crippen LogP contribution in [0.25, 0.3) is 0 Å². The van der Waals surface area contributed by atoms with Crippen LogP contribution in [0.15, 0.2) is 83.8 Å². The summed E-state index contributed by atoms with van der Waals surface area (Å²) >= 11 is 0. The second-order valence-electron chi connectivity index (χ2n) is 7.32. The summed E-state index contributed by atoms with van der Waals surface area (Å²) in [5, 5.41) is 3.01. The van der Waals surface area contributed by atoms with Gasteiger partial charge in [-0.2, -0.15) is 4.72 Å². The van der Waals surface area contributed by atoms with Crippen LogP contribution in [-0.2, 0) is 34.1 Å². The number of carbonyl (C=O) groups is 1. The van der Waals surface area contributed by atoms with E-state index in [4.69, 9.17) is 0 Å². The first-order valence-corrected chi connectivity index (χ1v) is 12.0. The van der Waals surface area contributed by atoms with Crippen LogP contribution in [0.4, 0.5) is 5.69 Å². The van der Waals surface area contributed by atoms with Crippen molar-refractivity contribution in [1.82, 2.24) is 4.72 Å². The lowest BCUT2D eigenvalue weighted by molar-refractivity contribution is -0.117. The van der Waals surface area contributed by atoms with Gasteiger partial charge >= 0.3 is 0 Å². The Hall–Kier alpha value is -2.96. The lowest BCUT2D eigenvalue weighted by atomic mass is 10.0. The minimum atomic E-state index is -3.86. The molecule has 0 bridgehead atoms. The third-order valence-electron chi connectivity index (χ3n) is 5.20. The molecule has 0 heterocycles. The van der Waals surface area contributed by atoms with Gasteiger partial charge in [0.05, 0.1) is 4.90 Å². The Morgan fingerprint density at radius 3 is 1.90 bits per heavy atom. The number of para-hydroxylation sites is 1. The first-order chi connectivity index (χ1) is 14.9. The van der Waals surface area contributed by atoms with Crippen molar-refractivity contribution in [2.24, 2.45) is 0 Å². The van der Waals surface area contributed by atoms with Crippen molar-refractivity contribution in [3.05, 3.63) is 95.6 Å². The minimum absolute atomic E-state index is 0.129. The monoisotopic (exact) mass is 436 g/mol. The molecule has 0 saturated heterocycles. The van der Waals surface area contributed by atoms with E-state index in [0.717, 1.165) is 35.2 Å². The molecule has 0 aliphatic heterocycles. The molecule has 0 unspecified atom stereocenters. The van der Waals surface area contributed by atoms with E-state index in [9.17, 15) is 13.2 Å². The summed E-state index contributed by atoms with van der Waals surface area (Å²) in [6.07, 6.45) is 1.78. The number of nitrogens with one attached hydrogen (secondary N) is 2. The molecule has 6 heteroatoms. The first kappa shape index (κ1) is 22.7. The average molecular weight is 437 g/mol. The van der Waals surface area contributed by atoms with Crippen molar-refractivity contribution in [1.29, 1.82) is 0 Å². The van der Waals surface area contributed by atoms with E-state index in [1.165, 1.54) is 12.1 Å². The molecule has 1 atom stereocenters. The van der Waals surface area contributed by atoms with E-state index in [1.807, 2.05) is 62.4 Å². The molecule has 3 aromatic carbocycles. The number of aryl methyl sites for hydroxylation is 2. The van der Waals surface area contributed by atoms with Gasteiger partial charge in [0.2, 0.25) is 15.9 Å². The summed E-state index contributed by atoms with van der Waals surface area (Å²) in [4.78, 5) is 13.5.